The first-order valence-electron chi connectivity index (χ1n) is 24.1. The van der Waals surface area contributed by atoms with E-state index in [0.29, 0.717) is 57.1 Å². The Morgan fingerprint density at radius 1 is 0.985 bits per heavy atom. The Balaban J connectivity index is 1.64. The number of carbonyl (C=O) groups is 5. The Kier molecular flexibility index (Phi) is 20.8. The normalized spacial score (nSPS) is 36.4. The predicted octanol–water partition coefficient (Wildman–Crippen LogP) is 6.92. The number of hydrogen-bond acceptors (Lipinski definition) is 13. The molecule has 1 saturated carbocycles. The van der Waals surface area contributed by atoms with E-state index in [1.807, 2.05) is 26.8 Å². The van der Waals surface area contributed by atoms with E-state index in [1.165, 1.54) is 19.1 Å². The first-order chi connectivity index (χ1) is 30.6. The average molecular weight is 932 g/mol. The zero-order chi connectivity index (χ0) is 48.2. The van der Waals surface area contributed by atoms with Crippen LogP contribution >= 0.6 is 0 Å². The van der Waals surface area contributed by atoms with Gasteiger partial charge in [0.25, 0.3) is 11.7 Å². The van der Waals surface area contributed by atoms with Crippen molar-refractivity contribution in [2.75, 3.05) is 34.0 Å². The minimum absolute atomic E-state index is 0.00455. The fourth-order valence-corrected chi connectivity index (χ4v) is 10.7. The topological polar surface area (TPSA) is 184 Å². The summed E-state index contributed by atoms with van der Waals surface area (Å²) < 4.78 is 35.7. The minimum Gasteiger partial charge on any atom is -0.464 e. The number of amides is 1. The second-order valence-electron chi connectivity index (χ2n) is 20.7. The van der Waals surface area contributed by atoms with Crippen LogP contribution in [0.25, 0.3) is 0 Å². The highest BCUT2D eigenvalue weighted by Gasteiger charge is 2.56. The fraction of sp³-hybridized carbons (Fsp3) is 0.780. The third-order valence-corrected chi connectivity index (χ3v) is 15.7. The molecule has 4 aliphatic rings. The summed E-state index contributed by atoms with van der Waals surface area (Å²) in [5.74, 6) is -8.02. The lowest BCUT2D eigenvalue weighted by Gasteiger charge is -2.47. The number of allylic oxidation sites excluding steroid dienone is 4. The quantitative estimate of drug-likeness (QED) is 0.0891. The zero-order valence-corrected chi connectivity index (χ0v) is 42.0. The summed E-state index contributed by atoms with van der Waals surface area (Å²) in [6, 6.07) is -0.250. The van der Waals surface area contributed by atoms with Gasteiger partial charge in [0.1, 0.15) is 30.6 Å². The Morgan fingerprint density at radius 3 is 2.28 bits per heavy atom. The lowest BCUT2D eigenvalue weighted by molar-refractivity contribution is -0.302. The molecule has 2 N–H and O–H groups in total. The molecule has 0 aromatic heterocycles. The SMILES string of the molecule is C=CC[C@@H]1/C=C(\C)C[C@H](C)C[C@H](OC)[C@H]2O[C@@](O)(C(=O)C(=O)N3CCCC[C@H]3C(=O)O[C@H](/C(C)=C/[C@H]3CC[C@H](OCC(=O)OCC[Si](C)(C)C)CC3)[C@H](C)[C@@H](O)CC1=O)[C@H](C)C[C@@H]2OC. The molecule has 1 amide bonds. The van der Waals surface area contributed by atoms with Crippen LogP contribution in [-0.4, -0.2) is 135 Å². The maximum Gasteiger partial charge on any atom is 0.332 e. The number of cyclic esters (lactones) is 1. The molecule has 15 heteroatoms. The molecule has 3 fully saturated rings. The molecule has 11 atom stereocenters. The molecule has 2 bridgehead atoms. The molecule has 0 radical (unpaired) electrons. The molecule has 2 saturated heterocycles. The highest BCUT2D eigenvalue weighted by Crippen LogP contribution is 2.39. The summed E-state index contributed by atoms with van der Waals surface area (Å²) in [4.78, 5) is 70.6. The molecule has 14 nitrogen and oxygen atoms in total. The van der Waals surface area contributed by atoms with Gasteiger partial charge in [0.05, 0.1) is 31.0 Å². The highest BCUT2D eigenvalue weighted by molar-refractivity contribution is 6.76. The smallest absolute Gasteiger partial charge is 0.332 e. The van der Waals surface area contributed by atoms with Crippen molar-refractivity contribution in [1.29, 1.82) is 0 Å². The van der Waals surface area contributed by atoms with Gasteiger partial charge in [0, 0.05) is 53.0 Å². The first kappa shape index (κ1) is 54.6. The molecule has 4 rings (SSSR count). The van der Waals surface area contributed by atoms with Gasteiger partial charge in [0.2, 0.25) is 5.79 Å². The van der Waals surface area contributed by atoms with Crippen LogP contribution in [0.2, 0.25) is 25.7 Å². The number of nitrogens with zero attached hydrogens (tertiary/aromatic N) is 1. The number of aliphatic hydroxyl groups is 2. The molecule has 3 aliphatic heterocycles. The Bertz CT molecular complexity index is 1700. The van der Waals surface area contributed by atoms with Crippen molar-refractivity contribution >= 4 is 37.5 Å². The molecule has 1 aliphatic carbocycles. The number of methoxy groups -OCH3 is 2. The van der Waals surface area contributed by atoms with E-state index in [1.54, 1.807) is 19.9 Å². The third-order valence-electron chi connectivity index (χ3n) is 14.0. The van der Waals surface area contributed by atoms with Gasteiger partial charge in [-0.25, -0.2) is 9.59 Å². The zero-order valence-electron chi connectivity index (χ0n) is 41.0. The van der Waals surface area contributed by atoms with Gasteiger partial charge in [-0.3, -0.25) is 14.4 Å². The Hall–Kier alpha value is -3.05. The summed E-state index contributed by atoms with van der Waals surface area (Å²) in [6.07, 6.45) is 7.03. The van der Waals surface area contributed by atoms with Gasteiger partial charge in [0.15, 0.2) is 0 Å². The number of Topliss-reactive ketones (excluding diaryl/α,β-unsaturated/α-hetero) is 2. The molecular formula is C50H81NO13Si. The lowest BCUT2D eigenvalue weighted by Crippen LogP contribution is -2.64. The van der Waals surface area contributed by atoms with E-state index in [2.05, 4.69) is 32.3 Å². The van der Waals surface area contributed by atoms with Gasteiger partial charge < -0.3 is 43.5 Å². The number of hydrogen-bond donors (Lipinski definition) is 2. The fourth-order valence-electron chi connectivity index (χ4n) is 10.00. The van der Waals surface area contributed by atoms with E-state index >= 15 is 0 Å². The number of carbonyl (C=O) groups excluding carboxylic acids is 5. The summed E-state index contributed by atoms with van der Waals surface area (Å²) >= 11 is 0. The van der Waals surface area contributed by atoms with Crippen LogP contribution in [0.4, 0.5) is 0 Å². The first-order valence-corrected chi connectivity index (χ1v) is 27.8. The van der Waals surface area contributed by atoms with Crippen LogP contribution in [0.5, 0.6) is 0 Å². The largest absolute Gasteiger partial charge is 0.464 e. The molecule has 368 valence electrons. The van der Waals surface area contributed by atoms with Crippen LogP contribution in [0.3, 0.4) is 0 Å². The predicted molar refractivity (Wildman–Crippen MR) is 249 cm³/mol. The number of aliphatic hydroxyl groups excluding tert-OH is 1. The second-order valence-corrected chi connectivity index (χ2v) is 26.4. The van der Waals surface area contributed by atoms with Crippen molar-refractivity contribution in [3.63, 3.8) is 0 Å². The van der Waals surface area contributed by atoms with Crippen LogP contribution in [0.1, 0.15) is 112 Å². The maximum atomic E-state index is 14.4. The van der Waals surface area contributed by atoms with E-state index in [0.717, 1.165) is 24.5 Å². The second kappa shape index (κ2) is 24.8. The Morgan fingerprint density at radius 2 is 1.65 bits per heavy atom. The standard InChI is InChI=1S/C50H81NO13Si/c1-12-15-37-25-31(2)24-32(3)26-42(59-7)46-43(60-8)28-34(5)50(58,64-46)47(55)48(56)51-21-14-13-16-39(51)49(57)63-45(35(6)40(52)29-41(37)53)33(4)27-36-17-19-38(20-18-36)62-30-44(54)61-22-23-65(9,10)11/h12,25,27,32,34-40,42-43,45-46,52,58H,1,13-24,26,28-30H2,2-11H3/b31-25+,33-27+/t32-,34+,35+,36-,37+,38-,39-,40-,42-,43-,45+,46+,50+/m0/s1. The molecule has 65 heavy (non-hydrogen) atoms. The lowest BCUT2D eigenvalue weighted by atomic mass is 9.82. The van der Waals surface area contributed by atoms with Gasteiger partial charge in [-0.1, -0.05) is 64.2 Å². The Labute approximate surface area is 389 Å². The van der Waals surface area contributed by atoms with Crippen molar-refractivity contribution in [2.24, 2.45) is 29.6 Å². The van der Waals surface area contributed by atoms with E-state index in [9.17, 15) is 34.2 Å². The number of ketones is 2. The van der Waals surface area contributed by atoms with E-state index < -0.39 is 85.8 Å². The van der Waals surface area contributed by atoms with E-state index in [4.69, 9.17) is 28.4 Å². The van der Waals surface area contributed by atoms with Crippen molar-refractivity contribution < 1.29 is 62.6 Å². The van der Waals surface area contributed by atoms with Crippen molar-refractivity contribution in [3.8, 4) is 0 Å². The van der Waals surface area contributed by atoms with Crippen LogP contribution in [0, 0.1) is 29.6 Å². The number of ether oxygens (including phenoxy) is 6. The van der Waals surface area contributed by atoms with Gasteiger partial charge in [-0.2, -0.15) is 0 Å². The molecule has 0 aromatic rings. The van der Waals surface area contributed by atoms with Crippen LogP contribution in [0.15, 0.2) is 36.0 Å². The highest BCUT2D eigenvalue weighted by atomic mass is 28.3. The molecular weight excluding hydrogens is 851 g/mol. The third kappa shape index (κ3) is 15.2. The summed E-state index contributed by atoms with van der Waals surface area (Å²) in [5.41, 5.74) is 1.65. The van der Waals surface area contributed by atoms with Crippen molar-refractivity contribution in [2.45, 2.75) is 186 Å². The number of fused-ring (bicyclic) bond motifs is 3. The van der Waals surface area contributed by atoms with Crippen LogP contribution < -0.4 is 0 Å². The molecule has 0 spiro atoms. The van der Waals surface area contributed by atoms with Gasteiger partial charge in [-0.15, -0.1) is 6.58 Å². The van der Waals surface area contributed by atoms with Gasteiger partial charge >= 0.3 is 11.9 Å². The molecule has 0 aromatic carbocycles. The molecule has 0 unspecified atom stereocenters. The monoisotopic (exact) mass is 932 g/mol. The number of rotatable bonds is 12. The number of piperidine rings is 1. The summed E-state index contributed by atoms with van der Waals surface area (Å²) in [7, 11) is 1.73. The summed E-state index contributed by atoms with van der Waals surface area (Å²) in [5, 5.41) is 23.9. The molecule has 3 heterocycles. The average Bonchev–Trinajstić information content (AvgIpc) is 3.26. The van der Waals surface area contributed by atoms with Crippen LogP contribution in [-0.2, 0) is 52.4 Å². The summed E-state index contributed by atoms with van der Waals surface area (Å²) in [6.45, 7) is 20.2. The van der Waals surface area contributed by atoms with Crippen molar-refractivity contribution in [1.82, 2.24) is 4.90 Å². The van der Waals surface area contributed by atoms with Crippen molar-refractivity contribution in [3.05, 3.63) is 36.0 Å². The van der Waals surface area contributed by atoms with E-state index in [-0.39, 0.29) is 62.1 Å². The number of esters is 2. The maximum absolute atomic E-state index is 14.4. The minimum atomic E-state index is -2.52. The van der Waals surface area contributed by atoms with Gasteiger partial charge in [-0.05, 0) is 108 Å².